The summed E-state index contributed by atoms with van der Waals surface area (Å²) < 4.78 is 6.78. The molecule has 0 aliphatic carbocycles. The number of halogens is 1. The maximum absolute atomic E-state index is 9.78. The molecule has 0 spiro atoms. The molecule has 21 heavy (non-hydrogen) atoms. The van der Waals surface area contributed by atoms with Gasteiger partial charge in [0.1, 0.15) is 0 Å². The predicted molar refractivity (Wildman–Crippen MR) is 89.2 cm³/mol. The van der Waals surface area contributed by atoms with Crippen molar-refractivity contribution in [2.45, 2.75) is 0 Å². The Labute approximate surface area is 133 Å². The number of ether oxygens (including phenoxy) is 1. The van der Waals surface area contributed by atoms with Crippen LogP contribution >= 0.6 is 27.3 Å². The van der Waals surface area contributed by atoms with Gasteiger partial charge in [-0.05, 0) is 45.8 Å². The topological polar surface area (TPSA) is 54.7 Å². The second-order valence-electron chi connectivity index (χ2n) is 4.28. The number of phenolic OH excluding ortho intramolecular Hbond substituents is 1. The van der Waals surface area contributed by atoms with Crippen molar-refractivity contribution in [2.24, 2.45) is 4.99 Å². The first-order valence-corrected chi connectivity index (χ1v) is 7.74. The molecule has 0 bridgehead atoms. The van der Waals surface area contributed by atoms with Gasteiger partial charge in [-0.3, -0.25) is 0 Å². The molecule has 0 amide bonds. The molecular formula is C15H11BrN2O2S. The van der Waals surface area contributed by atoms with Crippen molar-refractivity contribution in [1.82, 2.24) is 4.98 Å². The molecule has 2 aromatic carbocycles. The number of nitrogens with zero attached hydrogens (tertiary/aromatic N) is 2. The zero-order valence-corrected chi connectivity index (χ0v) is 13.5. The van der Waals surface area contributed by atoms with Crippen LogP contribution in [-0.2, 0) is 0 Å². The molecule has 6 heteroatoms. The summed E-state index contributed by atoms with van der Waals surface area (Å²) in [4.78, 5) is 8.82. The Morgan fingerprint density at radius 1 is 1.33 bits per heavy atom. The minimum atomic E-state index is 0.0784. The van der Waals surface area contributed by atoms with E-state index in [4.69, 9.17) is 4.74 Å². The van der Waals surface area contributed by atoms with Crippen molar-refractivity contribution in [1.29, 1.82) is 0 Å². The zero-order valence-electron chi connectivity index (χ0n) is 11.1. The van der Waals surface area contributed by atoms with Gasteiger partial charge in [0.2, 0.25) is 5.13 Å². The fourth-order valence-electron chi connectivity index (χ4n) is 1.87. The number of hydrogen-bond donors (Lipinski definition) is 1. The van der Waals surface area contributed by atoms with E-state index in [1.165, 1.54) is 18.4 Å². The molecule has 0 atom stereocenters. The van der Waals surface area contributed by atoms with Crippen LogP contribution in [0.2, 0.25) is 0 Å². The van der Waals surface area contributed by atoms with Crippen LogP contribution in [0.4, 0.5) is 5.13 Å². The smallest absolute Gasteiger partial charge is 0.210 e. The van der Waals surface area contributed by atoms with Gasteiger partial charge in [-0.25, -0.2) is 9.98 Å². The Kier molecular flexibility index (Phi) is 3.90. The van der Waals surface area contributed by atoms with Crippen molar-refractivity contribution >= 4 is 48.8 Å². The van der Waals surface area contributed by atoms with Crippen LogP contribution in [-0.4, -0.2) is 23.4 Å². The third kappa shape index (κ3) is 2.91. The fourth-order valence-corrected chi connectivity index (χ4v) is 3.14. The summed E-state index contributed by atoms with van der Waals surface area (Å²) in [6.45, 7) is 0. The van der Waals surface area contributed by atoms with E-state index in [0.717, 1.165) is 15.8 Å². The number of benzene rings is 2. The summed E-state index contributed by atoms with van der Waals surface area (Å²) in [6.07, 6.45) is 1.70. The summed E-state index contributed by atoms with van der Waals surface area (Å²) in [6, 6.07) is 11.4. The number of phenols is 1. The van der Waals surface area contributed by atoms with Crippen molar-refractivity contribution in [3.8, 4) is 11.5 Å². The lowest BCUT2D eigenvalue weighted by atomic mass is 10.2. The van der Waals surface area contributed by atoms with Gasteiger partial charge in [0.25, 0.3) is 0 Å². The molecule has 3 rings (SSSR count). The lowest BCUT2D eigenvalue weighted by Gasteiger charge is -2.05. The molecule has 106 valence electrons. The number of methoxy groups -OCH3 is 1. The van der Waals surface area contributed by atoms with Crippen molar-refractivity contribution in [3.05, 3.63) is 46.4 Å². The van der Waals surface area contributed by atoms with Crippen LogP contribution < -0.4 is 4.74 Å². The Bertz CT molecular complexity index is 797. The standard InChI is InChI=1S/C15H11BrN2O2S/c1-20-12-7-9(6-10(16)14(12)19)8-17-15-18-11-4-2-3-5-13(11)21-15/h2-8,19H,1H3/b17-8+. The average Bonchev–Trinajstić information content (AvgIpc) is 2.91. The van der Waals surface area contributed by atoms with E-state index in [9.17, 15) is 5.11 Å². The number of rotatable bonds is 3. The molecule has 0 fully saturated rings. The third-order valence-electron chi connectivity index (χ3n) is 2.88. The first kappa shape index (κ1) is 14.0. The molecule has 0 saturated heterocycles. The normalized spacial score (nSPS) is 11.3. The lowest BCUT2D eigenvalue weighted by molar-refractivity contribution is 0.372. The second-order valence-corrected chi connectivity index (χ2v) is 6.14. The van der Waals surface area contributed by atoms with Crippen LogP contribution in [0, 0.1) is 0 Å². The van der Waals surface area contributed by atoms with E-state index in [2.05, 4.69) is 25.9 Å². The van der Waals surface area contributed by atoms with Gasteiger partial charge in [0, 0.05) is 6.21 Å². The summed E-state index contributed by atoms with van der Waals surface area (Å²) in [5, 5.41) is 10.5. The Hall–Kier alpha value is -1.92. The maximum atomic E-state index is 9.78. The molecule has 1 heterocycles. The zero-order chi connectivity index (χ0) is 14.8. The number of thiazole rings is 1. The maximum Gasteiger partial charge on any atom is 0.210 e. The Morgan fingerprint density at radius 2 is 2.14 bits per heavy atom. The average molecular weight is 363 g/mol. The minimum absolute atomic E-state index is 0.0784. The predicted octanol–water partition coefficient (Wildman–Crippen LogP) is 4.52. The van der Waals surface area contributed by atoms with E-state index < -0.39 is 0 Å². The SMILES string of the molecule is COc1cc(/C=N/c2nc3ccccc3s2)cc(Br)c1O. The van der Waals surface area contributed by atoms with Crippen LogP contribution in [0.15, 0.2) is 45.9 Å². The van der Waals surface area contributed by atoms with Crippen LogP contribution in [0.5, 0.6) is 11.5 Å². The number of fused-ring (bicyclic) bond motifs is 1. The van der Waals surface area contributed by atoms with Crippen LogP contribution in [0.25, 0.3) is 10.2 Å². The first-order chi connectivity index (χ1) is 10.2. The highest BCUT2D eigenvalue weighted by Gasteiger charge is 2.07. The van der Waals surface area contributed by atoms with Crippen molar-refractivity contribution in [2.75, 3.05) is 7.11 Å². The monoisotopic (exact) mass is 362 g/mol. The van der Waals surface area contributed by atoms with Crippen molar-refractivity contribution < 1.29 is 9.84 Å². The summed E-state index contributed by atoms with van der Waals surface area (Å²) in [5.41, 5.74) is 1.76. The van der Waals surface area contributed by atoms with Gasteiger partial charge in [-0.2, -0.15) is 0 Å². The van der Waals surface area contributed by atoms with E-state index in [1.54, 1.807) is 18.3 Å². The van der Waals surface area contributed by atoms with E-state index >= 15 is 0 Å². The molecule has 3 aromatic rings. The van der Waals surface area contributed by atoms with Gasteiger partial charge in [-0.1, -0.05) is 23.5 Å². The number of aromatic hydroxyl groups is 1. The lowest BCUT2D eigenvalue weighted by Crippen LogP contribution is -1.88. The number of hydrogen-bond acceptors (Lipinski definition) is 5. The van der Waals surface area contributed by atoms with Gasteiger partial charge >= 0.3 is 0 Å². The quantitative estimate of drug-likeness (QED) is 0.696. The van der Waals surface area contributed by atoms with Crippen molar-refractivity contribution in [3.63, 3.8) is 0 Å². The van der Waals surface area contributed by atoms with E-state index in [-0.39, 0.29) is 5.75 Å². The number of aliphatic imine (C=N–C) groups is 1. The van der Waals surface area contributed by atoms with E-state index in [0.29, 0.717) is 15.4 Å². The summed E-state index contributed by atoms with van der Waals surface area (Å²) in [5.74, 6) is 0.477. The largest absolute Gasteiger partial charge is 0.503 e. The highest BCUT2D eigenvalue weighted by molar-refractivity contribution is 9.10. The van der Waals surface area contributed by atoms with Crippen LogP contribution in [0.3, 0.4) is 0 Å². The molecule has 0 saturated carbocycles. The summed E-state index contributed by atoms with van der Waals surface area (Å²) in [7, 11) is 1.51. The van der Waals surface area contributed by atoms with E-state index in [1.807, 2.05) is 24.3 Å². The Balaban J connectivity index is 1.93. The van der Waals surface area contributed by atoms with Gasteiger partial charge in [0.05, 0.1) is 21.8 Å². The molecule has 4 nitrogen and oxygen atoms in total. The molecule has 1 N–H and O–H groups in total. The second kappa shape index (κ2) is 5.83. The number of para-hydroxylation sites is 1. The molecule has 0 aliphatic rings. The van der Waals surface area contributed by atoms with Gasteiger partial charge in [0.15, 0.2) is 11.5 Å². The molecule has 0 radical (unpaired) electrons. The molecule has 1 aromatic heterocycles. The fraction of sp³-hybridized carbons (Fsp3) is 0.0667. The summed E-state index contributed by atoms with van der Waals surface area (Å²) >= 11 is 4.82. The minimum Gasteiger partial charge on any atom is -0.503 e. The number of aromatic nitrogens is 1. The van der Waals surface area contributed by atoms with Gasteiger partial charge < -0.3 is 9.84 Å². The molecular weight excluding hydrogens is 352 g/mol. The first-order valence-electron chi connectivity index (χ1n) is 6.13. The van der Waals surface area contributed by atoms with Gasteiger partial charge in [-0.15, -0.1) is 0 Å². The molecule has 0 unspecified atom stereocenters. The highest BCUT2D eigenvalue weighted by atomic mass is 79.9. The highest BCUT2D eigenvalue weighted by Crippen LogP contribution is 2.35. The third-order valence-corrected chi connectivity index (χ3v) is 4.43. The molecule has 0 aliphatic heterocycles. The Morgan fingerprint density at radius 3 is 2.90 bits per heavy atom. The van der Waals surface area contributed by atoms with Crippen LogP contribution in [0.1, 0.15) is 5.56 Å².